The lowest BCUT2D eigenvalue weighted by Gasteiger charge is -2.19. The normalized spacial score (nSPS) is 10.8. The van der Waals surface area contributed by atoms with E-state index in [-0.39, 0.29) is 13.0 Å². The van der Waals surface area contributed by atoms with Crippen molar-refractivity contribution in [1.82, 2.24) is 5.32 Å². The summed E-state index contributed by atoms with van der Waals surface area (Å²) in [6, 6.07) is 5.21. The minimum absolute atomic E-state index is 0.0777. The van der Waals surface area contributed by atoms with Gasteiger partial charge in [-0.3, -0.25) is 9.59 Å². The Morgan fingerprint density at radius 1 is 1.19 bits per heavy atom. The Hall–Kier alpha value is -2.28. The number of halogens is 1. The second kappa shape index (κ2) is 10.0. The molecule has 2 N–H and O–H groups in total. The molecule has 2 amide bonds. The number of amides is 2. The smallest absolute Gasteiger partial charge is 0.407 e. The lowest BCUT2D eigenvalue weighted by molar-refractivity contribution is -0.147. The van der Waals surface area contributed by atoms with Crippen LogP contribution < -0.4 is 10.6 Å². The van der Waals surface area contributed by atoms with Crippen molar-refractivity contribution in [2.45, 2.75) is 46.1 Å². The first-order chi connectivity index (χ1) is 12.1. The van der Waals surface area contributed by atoms with Crippen molar-refractivity contribution < 1.29 is 23.9 Å². The van der Waals surface area contributed by atoms with Gasteiger partial charge in [0.15, 0.2) is 6.61 Å². The first-order valence-corrected chi connectivity index (χ1v) is 8.63. The van der Waals surface area contributed by atoms with Gasteiger partial charge in [0, 0.05) is 13.0 Å². The molecule has 0 aromatic heterocycles. The molecule has 0 spiro atoms. The second-order valence-corrected chi connectivity index (χ2v) is 7.13. The molecule has 0 heterocycles. The third kappa shape index (κ3) is 9.27. The maximum atomic E-state index is 11.8. The standard InChI is InChI=1S/C18H25ClN2O5/c1-12-7-8-14(13(19)10-12)21-15(22)11-25-16(23)6-5-9-20-17(24)26-18(2,3)4/h7-8,10H,5-6,9,11H2,1-4H3,(H,20,24)(H,21,22). The molecule has 0 atom stereocenters. The molecule has 1 rings (SSSR count). The van der Waals surface area contributed by atoms with E-state index in [9.17, 15) is 14.4 Å². The maximum absolute atomic E-state index is 11.8. The van der Waals surface area contributed by atoms with E-state index in [0.29, 0.717) is 17.1 Å². The molecular weight excluding hydrogens is 360 g/mol. The van der Waals surface area contributed by atoms with E-state index in [1.165, 1.54) is 0 Å². The van der Waals surface area contributed by atoms with E-state index in [2.05, 4.69) is 10.6 Å². The molecule has 0 saturated heterocycles. The SMILES string of the molecule is Cc1ccc(NC(=O)COC(=O)CCCNC(=O)OC(C)(C)C)c(Cl)c1. The lowest BCUT2D eigenvalue weighted by Crippen LogP contribution is -2.33. The molecule has 1 aromatic rings. The Balaban J connectivity index is 2.21. The fourth-order valence-electron chi connectivity index (χ4n) is 1.86. The number of rotatable bonds is 7. The maximum Gasteiger partial charge on any atom is 0.407 e. The van der Waals surface area contributed by atoms with Crippen LogP contribution in [-0.2, 0) is 19.1 Å². The minimum Gasteiger partial charge on any atom is -0.456 e. The van der Waals surface area contributed by atoms with Gasteiger partial charge in [0.1, 0.15) is 5.60 Å². The van der Waals surface area contributed by atoms with Crippen LogP contribution in [0, 0.1) is 6.92 Å². The summed E-state index contributed by atoms with van der Waals surface area (Å²) in [7, 11) is 0. The number of aryl methyl sites for hydroxylation is 1. The molecule has 0 aliphatic carbocycles. The van der Waals surface area contributed by atoms with Gasteiger partial charge < -0.3 is 20.1 Å². The molecule has 0 aliphatic heterocycles. The predicted octanol–water partition coefficient (Wildman–Crippen LogP) is 3.44. The molecule has 0 aliphatic rings. The molecule has 0 saturated carbocycles. The molecule has 0 fully saturated rings. The van der Waals surface area contributed by atoms with Gasteiger partial charge in [-0.05, 0) is 51.8 Å². The Morgan fingerprint density at radius 2 is 1.88 bits per heavy atom. The fraction of sp³-hybridized carbons (Fsp3) is 0.500. The predicted molar refractivity (Wildman–Crippen MR) is 99.2 cm³/mol. The van der Waals surface area contributed by atoms with Crippen LogP contribution in [0.2, 0.25) is 5.02 Å². The van der Waals surface area contributed by atoms with Gasteiger partial charge in [-0.25, -0.2) is 4.79 Å². The summed E-state index contributed by atoms with van der Waals surface area (Å²) >= 11 is 6.02. The van der Waals surface area contributed by atoms with Crippen LogP contribution in [0.15, 0.2) is 18.2 Å². The number of ether oxygens (including phenoxy) is 2. The van der Waals surface area contributed by atoms with Crippen LogP contribution in [0.1, 0.15) is 39.2 Å². The van der Waals surface area contributed by atoms with Crippen molar-refractivity contribution in [3.63, 3.8) is 0 Å². The number of nitrogens with one attached hydrogen (secondary N) is 2. The minimum atomic E-state index is -0.573. The third-order valence-corrected chi connectivity index (χ3v) is 3.30. The first-order valence-electron chi connectivity index (χ1n) is 8.25. The number of anilines is 1. The van der Waals surface area contributed by atoms with E-state index in [0.717, 1.165) is 5.56 Å². The number of hydrogen-bond acceptors (Lipinski definition) is 5. The first kappa shape index (κ1) is 21.8. The van der Waals surface area contributed by atoms with Crippen LogP contribution in [0.3, 0.4) is 0 Å². The highest BCUT2D eigenvalue weighted by atomic mass is 35.5. The molecule has 26 heavy (non-hydrogen) atoms. The topological polar surface area (TPSA) is 93.7 Å². The van der Waals surface area contributed by atoms with Gasteiger partial charge in [0.05, 0.1) is 10.7 Å². The number of carbonyl (C=O) groups is 3. The summed E-state index contributed by atoms with van der Waals surface area (Å²) in [6.45, 7) is 7.05. The summed E-state index contributed by atoms with van der Waals surface area (Å²) in [5.74, 6) is -1.00. The zero-order valence-electron chi connectivity index (χ0n) is 15.5. The molecule has 144 valence electrons. The summed E-state index contributed by atoms with van der Waals surface area (Å²) in [4.78, 5) is 34.8. The number of benzene rings is 1. The monoisotopic (exact) mass is 384 g/mol. The highest BCUT2D eigenvalue weighted by Crippen LogP contribution is 2.22. The van der Waals surface area contributed by atoms with Crippen molar-refractivity contribution in [3.8, 4) is 0 Å². The summed E-state index contributed by atoms with van der Waals surface area (Å²) < 4.78 is 9.96. The Bertz CT molecular complexity index is 655. The van der Waals surface area contributed by atoms with Crippen LogP contribution in [0.25, 0.3) is 0 Å². The zero-order valence-corrected chi connectivity index (χ0v) is 16.2. The summed E-state index contributed by atoms with van der Waals surface area (Å²) in [6.07, 6.45) is -0.0853. The van der Waals surface area contributed by atoms with E-state index in [1.54, 1.807) is 32.9 Å². The average molecular weight is 385 g/mol. The van der Waals surface area contributed by atoms with Gasteiger partial charge in [-0.15, -0.1) is 0 Å². The molecular formula is C18H25ClN2O5. The van der Waals surface area contributed by atoms with Crippen LogP contribution in [0.4, 0.5) is 10.5 Å². The highest BCUT2D eigenvalue weighted by molar-refractivity contribution is 6.33. The average Bonchev–Trinajstić information content (AvgIpc) is 2.50. The summed E-state index contributed by atoms with van der Waals surface area (Å²) in [5.41, 5.74) is 0.857. The van der Waals surface area contributed by atoms with Gasteiger partial charge in [-0.2, -0.15) is 0 Å². The van der Waals surface area contributed by atoms with E-state index >= 15 is 0 Å². The zero-order chi connectivity index (χ0) is 19.7. The molecule has 0 radical (unpaired) electrons. The Labute approximate surface area is 158 Å². The van der Waals surface area contributed by atoms with Crippen molar-refractivity contribution in [2.75, 3.05) is 18.5 Å². The highest BCUT2D eigenvalue weighted by Gasteiger charge is 2.15. The van der Waals surface area contributed by atoms with E-state index in [4.69, 9.17) is 21.1 Å². The van der Waals surface area contributed by atoms with Crippen molar-refractivity contribution in [3.05, 3.63) is 28.8 Å². The summed E-state index contributed by atoms with van der Waals surface area (Å²) in [5, 5.41) is 5.53. The van der Waals surface area contributed by atoms with E-state index < -0.39 is 30.2 Å². The van der Waals surface area contributed by atoms with Crippen molar-refractivity contribution >= 4 is 35.3 Å². The molecule has 8 heteroatoms. The van der Waals surface area contributed by atoms with Gasteiger partial charge in [0.2, 0.25) is 0 Å². The van der Waals surface area contributed by atoms with Gasteiger partial charge in [0.25, 0.3) is 5.91 Å². The second-order valence-electron chi connectivity index (χ2n) is 6.72. The van der Waals surface area contributed by atoms with Crippen molar-refractivity contribution in [2.24, 2.45) is 0 Å². The quantitative estimate of drug-likeness (QED) is 0.554. The Kier molecular flexibility index (Phi) is 8.38. The van der Waals surface area contributed by atoms with Crippen LogP contribution in [-0.4, -0.2) is 36.7 Å². The molecule has 0 bridgehead atoms. The van der Waals surface area contributed by atoms with Gasteiger partial charge >= 0.3 is 12.1 Å². The number of esters is 1. The number of hydrogen-bond donors (Lipinski definition) is 2. The number of alkyl carbamates (subject to hydrolysis) is 1. The van der Waals surface area contributed by atoms with E-state index in [1.807, 2.05) is 13.0 Å². The van der Waals surface area contributed by atoms with Crippen LogP contribution >= 0.6 is 11.6 Å². The van der Waals surface area contributed by atoms with Gasteiger partial charge in [-0.1, -0.05) is 17.7 Å². The largest absolute Gasteiger partial charge is 0.456 e. The Morgan fingerprint density at radius 3 is 2.50 bits per heavy atom. The van der Waals surface area contributed by atoms with Crippen LogP contribution in [0.5, 0.6) is 0 Å². The fourth-order valence-corrected chi connectivity index (χ4v) is 2.15. The lowest BCUT2D eigenvalue weighted by atomic mass is 10.2. The third-order valence-electron chi connectivity index (χ3n) is 2.99. The number of carbonyl (C=O) groups excluding carboxylic acids is 3. The molecule has 7 nitrogen and oxygen atoms in total. The molecule has 0 unspecified atom stereocenters. The van der Waals surface area contributed by atoms with Crippen molar-refractivity contribution in [1.29, 1.82) is 0 Å². The molecule has 1 aromatic carbocycles.